The smallest absolute Gasteiger partial charge is 0.0984 e. The maximum Gasteiger partial charge on any atom is 0.0984 e. The molecule has 2 heterocycles. The van der Waals surface area contributed by atoms with E-state index in [-0.39, 0.29) is 5.41 Å². The van der Waals surface area contributed by atoms with E-state index in [1.165, 1.54) is 4.88 Å². The average Bonchev–Trinajstić information content (AvgIpc) is 2.43. The van der Waals surface area contributed by atoms with Crippen LogP contribution in [0.5, 0.6) is 0 Å². The lowest BCUT2D eigenvalue weighted by Gasteiger charge is -2.13. The van der Waals surface area contributed by atoms with E-state index in [2.05, 4.69) is 31.6 Å². The zero-order chi connectivity index (χ0) is 11.3. The van der Waals surface area contributed by atoms with Crippen molar-refractivity contribution in [3.05, 3.63) is 15.6 Å². The van der Waals surface area contributed by atoms with Crippen LogP contribution >= 0.6 is 11.3 Å². The largest absolute Gasteiger partial charge is 0.268 e. The maximum absolute atomic E-state index is 11.9. The molecule has 1 atom stereocenters. The second-order valence-corrected chi connectivity index (χ2v) is 8.92. The van der Waals surface area contributed by atoms with Crippen molar-refractivity contribution in [3.63, 3.8) is 0 Å². The molecule has 0 radical (unpaired) electrons. The van der Waals surface area contributed by atoms with Gasteiger partial charge < -0.3 is 0 Å². The molecule has 15 heavy (non-hydrogen) atoms. The summed E-state index contributed by atoms with van der Waals surface area (Å²) < 4.78 is 11.9. The average molecular weight is 243 g/mol. The van der Waals surface area contributed by atoms with Gasteiger partial charge in [0.25, 0.3) is 0 Å². The Morgan fingerprint density at radius 2 is 2.13 bits per heavy atom. The van der Waals surface area contributed by atoms with Crippen LogP contribution in [0.4, 0.5) is 0 Å². The van der Waals surface area contributed by atoms with Crippen LogP contribution in [-0.4, -0.2) is 20.8 Å². The monoisotopic (exact) mass is 243 g/mol. The predicted octanol–water partition coefficient (Wildman–Crippen LogP) is 2.21. The molecule has 0 fully saturated rings. The lowest BCUT2D eigenvalue weighted by atomic mass is 9.98. The third kappa shape index (κ3) is 2.26. The molecule has 1 aliphatic rings. The van der Waals surface area contributed by atoms with Gasteiger partial charge in [-0.05, 0) is 15.4 Å². The quantitative estimate of drug-likeness (QED) is 0.654. The lowest BCUT2D eigenvalue weighted by molar-refractivity contribution is 0.583. The summed E-state index contributed by atoms with van der Waals surface area (Å²) >= 11 is 1.71. The summed E-state index contributed by atoms with van der Waals surface area (Å²) in [4.78, 5) is 5.85. The van der Waals surface area contributed by atoms with Crippen LogP contribution in [0.25, 0.3) is 0 Å². The number of hydrogen-bond donors (Lipinski definition) is 0. The van der Waals surface area contributed by atoms with E-state index in [0.29, 0.717) is 11.5 Å². The molecule has 1 aliphatic heterocycles. The highest BCUT2D eigenvalue weighted by atomic mass is 32.2. The van der Waals surface area contributed by atoms with Gasteiger partial charge in [-0.2, -0.15) is 0 Å². The van der Waals surface area contributed by atoms with E-state index < -0.39 is 9.52 Å². The van der Waals surface area contributed by atoms with Gasteiger partial charge in [-0.3, -0.25) is 4.21 Å². The Morgan fingerprint density at radius 1 is 1.47 bits per heavy atom. The minimum Gasteiger partial charge on any atom is -0.268 e. The highest BCUT2D eigenvalue weighted by Gasteiger charge is 2.25. The van der Waals surface area contributed by atoms with Crippen LogP contribution in [-0.2, 0) is 27.1 Å². The fraction of sp³-hybridized carbons (Fsp3) is 0.636. The highest BCUT2D eigenvalue weighted by Crippen LogP contribution is 2.32. The molecule has 1 aromatic heterocycles. The van der Waals surface area contributed by atoms with Crippen molar-refractivity contribution >= 4 is 26.7 Å². The van der Waals surface area contributed by atoms with Crippen LogP contribution < -0.4 is 0 Å². The third-order valence-corrected chi connectivity index (χ3v) is 5.99. The Kier molecular flexibility index (Phi) is 2.47. The van der Waals surface area contributed by atoms with Gasteiger partial charge in [-0.1, -0.05) is 20.8 Å². The van der Waals surface area contributed by atoms with Crippen molar-refractivity contribution in [1.82, 2.24) is 4.98 Å². The van der Waals surface area contributed by atoms with Crippen LogP contribution in [0.1, 0.15) is 36.3 Å². The third-order valence-electron chi connectivity index (χ3n) is 2.52. The van der Waals surface area contributed by atoms with E-state index in [4.69, 9.17) is 0 Å². The van der Waals surface area contributed by atoms with Gasteiger partial charge in [0.15, 0.2) is 0 Å². The molecule has 2 nitrogen and oxygen atoms in total. The first kappa shape index (κ1) is 11.1. The Balaban J connectivity index is 2.42. The molecule has 0 N–H and O–H groups in total. The molecule has 0 aliphatic carbocycles. The molecule has 4 heteroatoms. The number of aryl methyl sites for hydroxylation is 1. The maximum atomic E-state index is 11.9. The predicted molar refractivity (Wildman–Crippen MR) is 68.4 cm³/mol. The standard InChI is InChI=1S/C11H17NOS2/c1-11(2,3)10-12-8-5-6-15(4,13)7-9(8)14-10/h4-7H2,1-3H3. The van der Waals surface area contributed by atoms with E-state index in [9.17, 15) is 4.21 Å². The van der Waals surface area contributed by atoms with Gasteiger partial charge >= 0.3 is 0 Å². The fourth-order valence-electron chi connectivity index (χ4n) is 1.61. The molecule has 0 aromatic carbocycles. The summed E-state index contributed by atoms with van der Waals surface area (Å²) in [6, 6.07) is 0. The van der Waals surface area contributed by atoms with Gasteiger partial charge in [0, 0.05) is 22.5 Å². The van der Waals surface area contributed by atoms with E-state index in [1.807, 2.05) is 0 Å². The first-order chi connectivity index (χ1) is 6.78. The summed E-state index contributed by atoms with van der Waals surface area (Å²) in [7, 11) is -1.86. The van der Waals surface area contributed by atoms with E-state index >= 15 is 0 Å². The molecule has 2 rings (SSSR count). The summed E-state index contributed by atoms with van der Waals surface area (Å²) in [6.45, 7) is 6.50. The number of thiazole rings is 1. The SMILES string of the molecule is C=S1(=O)CCc2nc(C(C)(C)C)sc2C1. The van der Waals surface area contributed by atoms with Gasteiger partial charge in [-0.25, -0.2) is 4.98 Å². The van der Waals surface area contributed by atoms with Crippen LogP contribution in [0.3, 0.4) is 0 Å². The van der Waals surface area contributed by atoms with Gasteiger partial charge in [0.1, 0.15) is 0 Å². The minimum absolute atomic E-state index is 0.101. The first-order valence-electron chi connectivity index (χ1n) is 5.10. The van der Waals surface area contributed by atoms with Crippen molar-refractivity contribution in [3.8, 4) is 0 Å². The second-order valence-electron chi connectivity index (χ2n) is 5.20. The molecule has 0 spiro atoms. The van der Waals surface area contributed by atoms with Crippen LogP contribution in [0.15, 0.2) is 0 Å². The summed E-state index contributed by atoms with van der Waals surface area (Å²) in [5.74, 6) is 5.14. The number of rotatable bonds is 0. The number of aromatic nitrogens is 1. The first-order valence-corrected chi connectivity index (χ1v) is 7.98. The molecule has 84 valence electrons. The topological polar surface area (TPSA) is 30.0 Å². The molecule has 0 saturated heterocycles. The Hall–Kier alpha value is -0.350. The van der Waals surface area contributed by atoms with Gasteiger partial charge in [0.2, 0.25) is 0 Å². The number of hydrogen-bond acceptors (Lipinski definition) is 3. The van der Waals surface area contributed by atoms with Crippen molar-refractivity contribution in [2.24, 2.45) is 0 Å². The molecule has 0 amide bonds. The van der Waals surface area contributed by atoms with Crippen LogP contribution in [0, 0.1) is 0 Å². The Bertz CT molecular complexity index is 477. The molecule has 1 aromatic rings. The molecular weight excluding hydrogens is 226 g/mol. The van der Waals surface area contributed by atoms with Crippen molar-refractivity contribution < 1.29 is 4.21 Å². The second kappa shape index (κ2) is 3.32. The highest BCUT2D eigenvalue weighted by molar-refractivity contribution is 7.99. The molecule has 1 unspecified atom stereocenters. The lowest BCUT2D eigenvalue weighted by Crippen LogP contribution is -2.17. The molecule has 0 bridgehead atoms. The normalized spacial score (nSPS) is 26.3. The number of fused-ring (bicyclic) bond motifs is 1. The summed E-state index contributed by atoms with van der Waals surface area (Å²) in [6.07, 6.45) is 0.838. The minimum atomic E-state index is -1.86. The zero-order valence-corrected chi connectivity index (χ0v) is 11.1. The fourth-order valence-corrected chi connectivity index (χ4v) is 4.80. The van der Waals surface area contributed by atoms with Gasteiger partial charge in [-0.15, -0.1) is 11.3 Å². The van der Waals surface area contributed by atoms with Crippen molar-refractivity contribution in [1.29, 1.82) is 0 Å². The van der Waals surface area contributed by atoms with E-state index in [0.717, 1.165) is 17.1 Å². The summed E-state index contributed by atoms with van der Waals surface area (Å²) in [5.41, 5.74) is 1.26. The molecule has 0 saturated carbocycles. The Morgan fingerprint density at radius 3 is 2.73 bits per heavy atom. The molecular formula is C11H17NOS2. The van der Waals surface area contributed by atoms with Crippen molar-refractivity contribution in [2.75, 3.05) is 5.75 Å². The van der Waals surface area contributed by atoms with Gasteiger partial charge in [0.05, 0.1) is 16.5 Å². The van der Waals surface area contributed by atoms with E-state index in [1.54, 1.807) is 11.3 Å². The number of nitrogens with zero attached hydrogens (tertiary/aromatic N) is 1. The van der Waals surface area contributed by atoms with Crippen molar-refractivity contribution in [2.45, 2.75) is 38.4 Å². The summed E-state index contributed by atoms with van der Waals surface area (Å²) in [5, 5.41) is 1.16. The Labute approximate surface area is 95.8 Å². The van der Waals surface area contributed by atoms with Crippen LogP contribution in [0.2, 0.25) is 0 Å². The zero-order valence-electron chi connectivity index (χ0n) is 9.50.